The van der Waals surface area contributed by atoms with E-state index in [-0.39, 0.29) is 0 Å². The van der Waals surface area contributed by atoms with Gasteiger partial charge in [0.1, 0.15) is 5.75 Å². The summed E-state index contributed by atoms with van der Waals surface area (Å²) in [7, 11) is 0. The summed E-state index contributed by atoms with van der Waals surface area (Å²) in [5.74, 6) is 0.768. The number of rotatable bonds is 7. The molecule has 1 fully saturated rings. The quantitative estimate of drug-likeness (QED) is 0.804. The predicted octanol–water partition coefficient (Wildman–Crippen LogP) is 3.53. The van der Waals surface area contributed by atoms with Crippen LogP contribution in [0.15, 0.2) is 24.3 Å². The van der Waals surface area contributed by atoms with Gasteiger partial charge in [0.2, 0.25) is 0 Å². The second-order valence-electron chi connectivity index (χ2n) is 4.65. The SMILES string of the molecule is CCCNC(c1ccc(OC2CC2)cc1)C(F)F. The van der Waals surface area contributed by atoms with Gasteiger partial charge < -0.3 is 10.1 Å². The van der Waals surface area contributed by atoms with Gasteiger partial charge in [-0.15, -0.1) is 0 Å². The number of ether oxygens (including phenoxy) is 1. The van der Waals surface area contributed by atoms with E-state index in [4.69, 9.17) is 4.74 Å². The van der Waals surface area contributed by atoms with Gasteiger partial charge in [0, 0.05) is 0 Å². The van der Waals surface area contributed by atoms with E-state index in [0.29, 0.717) is 18.2 Å². The van der Waals surface area contributed by atoms with Gasteiger partial charge >= 0.3 is 0 Å². The second kappa shape index (κ2) is 6.14. The summed E-state index contributed by atoms with van der Waals surface area (Å²) in [5, 5.41) is 2.87. The first kappa shape index (κ1) is 13.3. The molecule has 1 aromatic rings. The maximum absolute atomic E-state index is 12.9. The Morgan fingerprint density at radius 2 is 1.94 bits per heavy atom. The Balaban J connectivity index is 1.99. The van der Waals surface area contributed by atoms with Crippen LogP contribution in [0.3, 0.4) is 0 Å². The van der Waals surface area contributed by atoms with E-state index >= 15 is 0 Å². The molecule has 4 heteroatoms. The Morgan fingerprint density at radius 1 is 1.28 bits per heavy atom. The highest BCUT2D eigenvalue weighted by Gasteiger charge is 2.24. The molecule has 0 saturated heterocycles. The Bertz CT molecular complexity index is 363. The number of hydrogen-bond acceptors (Lipinski definition) is 2. The van der Waals surface area contributed by atoms with Crippen molar-refractivity contribution in [3.8, 4) is 5.75 Å². The molecule has 0 aromatic heterocycles. The molecule has 2 nitrogen and oxygen atoms in total. The fourth-order valence-corrected chi connectivity index (χ4v) is 1.78. The van der Waals surface area contributed by atoms with Crippen molar-refractivity contribution < 1.29 is 13.5 Å². The normalized spacial score (nSPS) is 16.9. The highest BCUT2D eigenvalue weighted by atomic mass is 19.3. The molecule has 100 valence electrons. The Hall–Kier alpha value is -1.16. The van der Waals surface area contributed by atoms with Crippen LogP contribution < -0.4 is 10.1 Å². The molecule has 0 heterocycles. The van der Waals surface area contributed by atoms with Crippen molar-refractivity contribution >= 4 is 0 Å². The first-order valence-corrected chi connectivity index (χ1v) is 6.49. The summed E-state index contributed by atoms with van der Waals surface area (Å²) < 4.78 is 31.5. The smallest absolute Gasteiger partial charge is 0.257 e. The molecule has 1 saturated carbocycles. The summed E-state index contributed by atoms with van der Waals surface area (Å²) in [4.78, 5) is 0. The lowest BCUT2D eigenvalue weighted by Gasteiger charge is -2.18. The number of hydrogen-bond donors (Lipinski definition) is 1. The van der Waals surface area contributed by atoms with Crippen LogP contribution in [0, 0.1) is 0 Å². The van der Waals surface area contributed by atoms with Crippen LogP contribution in [0.2, 0.25) is 0 Å². The fraction of sp³-hybridized carbons (Fsp3) is 0.571. The van der Waals surface area contributed by atoms with E-state index in [2.05, 4.69) is 5.32 Å². The molecule has 1 unspecified atom stereocenters. The first-order chi connectivity index (χ1) is 8.70. The molecule has 1 aliphatic rings. The monoisotopic (exact) mass is 255 g/mol. The van der Waals surface area contributed by atoms with Crippen molar-refractivity contribution in [2.45, 2.75) is 44.8 Å². The van der Waals surface area contributed by atoms with Gasteiger partial charge in [-0.05, 0) is 43.5 Å². The molecular weight excluding hydrogens is 236 g/mol. The molecule has 1 aliphatic carbocycles. The van der Waals surface area contributed by atoms with Crippen LogP contribution in [0.25, 0.3) is 0 Å². The van der Waals surface area contributed by atoms with Crippen LogP contribution in [0.5, 0.6) is 5.75 Å². The highest BCUT2D eigenvalue weighted by Crippen LogP contribution is 2.28. The molecule has 0 aliphatic heterocycles. The van der Waals surface area contributed by atoms with Gasteiger partial charge in [-0.1, -0.05) is 19.1 Å². The Labute approximate surface area is 106 Å². The third-order valence-corrected chi connectivity index (χ3v) is 2.93. The molecule has 0 radical (unpaired) electrons. The van der Waals surface area contributed by atoms with E-state index in [9.17, 15) is 8.78 Å². The summed E-state index contributed by atoms with van der Waals surface area (Å²) in [6.45, 7) is 2.55. The summed E-state index contributed by atoms with van der Waals surface area (Å²) in [6.07, 6.45) is 0.970. The van der Waals surface area contributed by atoms with E-state index in [1.54, 1.807) is 24.3 Å². The maximum Gasteiger partial charge on any atom is 0.257 e. The van der Waals surface area contributed by atoms with Crippen LogP contribution in [-0.4, -0.2) is 19.1 Å². The largest absolute Gasteiger partial charge is 0.490 e. The van der Waals surface area contributed by atoms with E-state index in [0.717, 1.165) is 25.0 Å². The molecule has 2 rings (SSSR count). The summed E-state index contributed by atoms with van der Waals surface area (Å²) in [6, 6.07) is 6.10. The van der Waals surface area contributed by atoms with E-state index < -0.39 is 12.5 Å². The molecule has 1 atom stereocenters. The lowest BCUT2D eigenvalue weighted by molar-refractivity contribution is 0.0984. The zero-order valence-corrected chi connectivity index (χ0v) is 10.5. The van der Waals surface area contributed by atoms with Crippen molar-refractivity contribution in [3.63, 3.8) is 0 Å². The van der Waals surface area contributed by atoms with Gasteiger partial charge in [0.25, 0.3) is 6.43 Å². The average molecular weight is 255 g/mol. The van der Waals surface area contributed by atoms with Gasteiger partial charge in [-0.3, -0.25) is 0 Å². The van der Waals surface area contributed by atoms with Crippen molar-refractivity contribution in [3.05, 3.63) is 29.8 Å². The van der Waals surface area contributed by atoms with E-state index in [1.807, 2.05) is 6.92 Å². The molecule has 18 heavy (non-hydrogen) atoms. The fourth-order valence-electron chi connectivity index (χ4n) is 1.78. The van der Waals surface area contributed by atoms with Crippen LogP contribution in [0.4, 0.5) is 8.78 Å². The van der Waals surface area contributed by atoms with Gasteiger partial charge in [0.05, 0.1) is 12.1 Å². The van der Waals surface area contributed by atoms with Crippen LogP contribution in [-0.2, 0) is 0 Å². The van der Waals surface area contributed by atoms with Crippen molar-refractivity contribution in [1.82, 2.24) is 5.32 Å². The predicted molar refractivity (Wildman–Crippen MR) is 67.1 cm³/mol. The lowest BCUT2D eigenvalue weighted by atomic mass is 10.1. The number of halogens is 2. The third-order valence-electron chi connectivity index (χ3n) is 2.93. The molecule has 0 bridgehead atoms. The maximum atomic E-state index is 12.9. The molecule has 0 amide bonds. The Kier molecular flexibility index (Phi) is 4.53. The topological polar surface area (TPSA) is 21.3 Å². The van der Waals surface area contributed by atoms with E-state index in [1.165, 1.54) is 0 Å². The average Bonchev–Trinajstić information content (AvgIpc) is 3.15. The number of benzene rings is 1. The molecule has 0 spiro atoms. The summed E-state index contributed by atoms with van der Waals surface area (Å²) >= 11 is 0. The third kappa shape index (κ3) is 3.67. The highest BCUT2D eigenvalue weighted by molar-refractivity contribution is 5.30. The van der Waals surface area contributed by atoms with Crippen molar-refractivity contribution in [1.29, 1.82) is 0 Å². The lowest BCUT2D eigenvalue weighted by Crippen LogP contribution is -2.27. The van der Waals surface area contributed by atoms with Crippen molar-refractivity contribution in [2.75, 3.05) is 6.54 Å². The van der Waals surface area contributed by atoms with Crippen LogP contribution >= 0.6 is 0 Å². The number of nitrogens with one attached hydrogen (secondary N) is 1. The minimum absolute atomic E-state index is 0.333. The zero-order chi connectivity index (χ0) is 13.0. The Morgan fingerprint density at radius 3 is 2.44 bits per heavy atom. The molecule has 1 N–H and O–H groups in total. The first-order valence-electron chi connectivity index (χ1n) is 6.49. The zero-order valence-electron chi connectivity index (χ0n) is 10.5. The van der Waals surface area contributed by atoms with Crippen LogP contribution in [0.1, 0.15) is 37.8 Å². The molecular formula is C14H19F2NO. The van der Waals surface area contributed by atoms with Crippen molar-refractivity contribution in [2.24, 2.45) is 0 Å². The minimum atomic E-state index is -2.40. The summed E-state index contributed by atoms with van der Waals surface area (Å²) in [5.41, 5.74) is 0.613. The minimum Gasteiger partial charge on any atom is -0.490 e. The standard InChI is InChI=1S/C14H19F2NO/c1-2-9-17-13(14(15)16)10-3-5-11(6-4-10)18-12-7-8-12/h3-6,12-14,17H,2,7-9H2,1H3. The van der Waals surface area contributed by atoms with Gasteiger partial charge in [-0.25, -0.2) is 8.78 Å². The number of alkyl halides is 2. The van der Waals surface area contributed by atoms with Gasteiger partial charge in [0.15, 0.2) is 0 Å². The molecule has 1 aromatic carbocycles. The second-order valence-corrected chi connectivity index (χ2v) is 4.65. The van der Waals surface area contributed by atoms with Gasteiger partial charge in [-0.2, -0.15) is 0 Å².